The highest BCUT2D eigenvalue weighted by molar-refractivity contribution is 6.31. The third-order valence-electron chi connectivity index (χ3n) is 2.61. The minimum absolute atomic E-state index is 0.207. The average molecular weight is 270 g/mol. The van der Waals surface area contributed by atoms with Crippen LogP contribution < -0.4 is 5.32 Å². The number of nitrogens with one attached hydrogen (secondary N) is 1. The number of carboxylic acid groups (broad SMARTS) is 1. The Morgan fingerprint density at radius 2 is 1.94 bits per heavy atom. The van der Waals surface area contributed by atoms with E-state index < -0.39 is 11.4 Å². The number of hydrogen-bond acceptors (Lipinski definition) is 2. The van der Waals surface area contributed by atoms with Crippen molar-refractivity contribution in [2.45, 2.75) is 26.8 Å². The second-order valence-corrected chi connectivity index (χ2v) is 5.14. The summed E-state index contributed by atoms with van der Waals surface area (Å²) in [7, 11) is 0. The first-order valence-corrected chi connectivity index (χ1v) is 5.94. The molecule has 4 nitrogen and oxygen atoms in total. The molecule has 2 N–H and O–H groups in total. The third kappa shape index (κ3) is 4.04. The Morgan fingerprint density at radius 1 is 1.33 bits per heavy atom. The molecule has 1 rings (SSSR count). The summed E-state index contributed by atoms with van der Waals surface area (Å²) in [5.74, 6) is -1.29. The van der Waals surface area contributed by atoms with Gasteiger partial charge in [0.2, 0.25) is 5.91 Å². The van der Waals surface area contributed by atoms with Crippen LogP contribution in [-0.4, -0.2) is 17.0 Å². The smallest absolute Gasteiger partial charge is 0.304 e. The van der Waals surface area contributed by atoms with E-state index in [0.29, 0.717) is 11.6 Å². The van der Waals surface area contributed by atoms with E-state index in [-0.39, 0.29) is 12.3 Å². The van der Waals surface area contributed by atoms with E-state index in [0.717, 1.165) is 5.56 Å². The van der Waals surface area contributed by atoms with E-state index >= 15 is 0 Å². The number of carbonyl (C=O) groups is 2. The van der Waals surface area contributed by atoms with Crippen molar-refractivity contribution in [3.8, 4) is 0 Å². The van der Waals surface area contributed by atoms with Gasteiger partial charge in [-0.05, 0) is 11.6 Å². The van der Waals surface area contributed by atoms with Gasteiger partial charge in [0.25, 0.3) is 0 Å². The molecule has 98 valence electrons. The Labute approximate surface area is 111 Å². The fourth-order valence-electron chi connectivity index (χ4n) is 1.51. The molecule has 0 aliphatic carbocycles. The van der Waals surface area contributed by atoms with Crippen LogP contribution in [0.2, 0.25) is 5.02 Å². The van der Waals surface area contributed by atoms with Crippen LogP contribution >= 0.6 is 11.6 Å². The van der Waals surface area contributed by atoms with Crippen molar-refractivity contribution in [3.63, 3.8) is 0 Å². The molecule has 0 aliphatic rings. The van der Waals surface area contributed by atoms with Gasteiger partial charge in [0.1, 0.15) is 0 Å². The lowest BCUT2D eigenvalue weighted by atomic mass is 9.88. The van der Waals surface area contributed by atoms with Gasteiger partial charge in [0.05, 0.1) is 11.8 Å². The van der Waals surface area contributed by atoms with Crippen LogP contribution in [0.5, 0.6) is 0 Å². The molecule has 1 amide bonds. The van der Waals surface area contributed by atoms with Crippen molar-refractivity contribution in [3.05, 3.63) is 34.9 Å². The highest BCUT2D eigenvalue weighted by Crippen LogP contribution is 2.21. The standard InChI is InChI=1S/C13H16ClNO3/c1-13(2,7-11(16)17)12(18)15-8-9-5-3-4-6-10(9)14/h3-6H,7-8H2,1-2H3,(H,15,18)(H,16,17). The van der Waals surface area contributed by atoms with E-state index in [4.69, 9.17) is 16.7 Å². The molecule has 0 heterocycles. The summed E-state index contributed by atoms with van der Waals surface area (Å²) in [6.45, 7) is 3.49. The zero-order valence-electron chi connectivity index (χ0n) is 10.4. The molecule has 0 aromatic heterocycles. The van der Waals surface area contributed by atoms with Crippen LogP contribution in [0.4, 0.5) is 0 Å². The molecule has 5 heteroatoms. The molecule has 0 bridgehead atoms. The Balaban J connectivity index is 2.61. The van der Waals surface area contributed by atoms with E-state index in [9.17, 15) is 9.59 Å². The van der Waals surface area contributed by atoms with Crippen LogP contribution in [0, 0.1) is 5.41 Å². The Kier molecular flexibility index (Phi) is 4.73. The highest BCUT2D eigenvalue weighted by atomic mass is 35.5. The summed E-state index contributed by atoms with van der Waals surface area (Å²) in [4.78, 5) is 22.5. The van der Waals surface area contributed by atoms with Gasteiger partial charge in [-0.2, -0.15) is 0 Å². The zero-order valence-corrected chi connectivity index (χ0v) is 11.1. The lowest BCUT2D eigenvalue weighted by molar-refractivity contribution is -0.144. The zero-order chi connectivity index (χ0) is 13.8. The SMILES string of the molecule is CC(C)(CC(=O)O)C(=O)NCc1ccccc1Cl. The van der Waals surface area contributed by atoms with Gasteiger partial charge >= 0.3 is 5.97 Å². The van der Waals surface area contributed by atoms with Crippen LogP contribution in [0.3, 0.4) is 0 Å². The molecule has 1 aromatic rings. The molecule has 0 atom stereocenters. The molecule has 0 fully saturated rings. The summed E-state index contributed by atoms with van der Waals surface area (Å²) in [6.07, 6.45) is -0.207. The quantitative estimate of drug-likeness (QED) is 0.863. The fraction of sp³-hybridized carbons (Fsp3) is 0.385. The second-order valence-electron chi connectivity index (χ2n) is 4.73. The van der Waals surface area contributed by atoms with Crippen molar-refractivity contribution in [2.75, 3.05) is 0 Å². The van der Waals surface area contributed by atoms with Gasteiger partial charge in [0.15, 0.2) is 0 Å². The first-order chi connectivity index (χ1) is 8.33. The predicted molar refractivity (Wildman–Crippen MR) is 69.3 cm³/mol. The number of rotatable bonds is 5. The molecule has 0 spiro atoms. The van der Waals surface area contributed by atoms with Crippen molar-refractivity contribution >= 4 is 23.5 Å². The third-order valence-corrected chi connectivity index (χ3v) is 2.97. The molecule has 0 radical (unpaired) electrons. The van der Waals surface area contributed by atoms with Crippen LogP contribution in [-0.2, 0) is 16.1 Å². The molecular formula is C13H16ClNO3. The topological polar surface area (TPSA) is 66.4 Å². The number of carbonyl (C=O) groups excluding carboxylic acids is 1. The minimum atomic E-state index is -0.993. The lowest BCUT2D eigenvalue weighted by Crippen LogP contribution is -2.38. The number of benzene rings is 1. The number of aliphatic carboxylic acids is 1. The fourth-order valence-corrected chi connectivity index (χ4v) is 1.72. The van der Waals surface area contributed by atoms with E-state index in [1.54, 1.807) is 19.9 Å². The van der Waals surface area contributed by atoms with Gasteiger partial charge < -0.3 is 10.4 Å². The van der Waals surface area contributed by atoms with Gasteiger partial charge in [-0.3, -0.25) is 9.59 Å². The summed E-state index contributed by atoms with van der Waals surface area (Å²) in [6, 6.07) is 7.19. The maximum Gasteiger partial charge on any atom is 0.304 e. The number of amides is 1. The van der Waals surface area contributed by atoms with Gasteiger partial charge in [-0.15, -0.1) is 0 Å². The van der Waals surface area contributed by atoms with Gasteiger partial charge in [0, 0.05) is 11.6 Å². The molecule has 0 unspecified atom stereocenters. The average Bonchev–Trinajstić information content (AvgIpc) is 2.25. The summed E-state index contributed by atoms with van der Waals surface area (Å²) >= 11 is 5.96. The maximum absolute atomic E-state index is 11.9. The van der Waals surface area contributed by atoms with E-state index in [1.165, 1.54) is 0 Å². The molecule has 0 saturated heterocycles. The Morgan fingerprint density at radius 3 is 2.50 bits per heavy atom. The van der Waals surface area contributed by atoms with Gasteiger partial charge in [-0.25, -0.2) is 0 Å². The Bertz CT molecular complexity index is 457. The normalized spacial score (nSPS) is 11.1. The lowest BCUT2D eigenvalue weighted by Gasteiger charge is -2.21. The Hall–Kier alpha value is -1.55. The minimum Gasteiger partial charge on any atom is -0.481 e. The van der Waals surface area contributed by atoms with Crippen LogP contribution in [0.1, 0.15) is 25.8 Å². The van der Waals surface area contributed by atoms with Crippen molar-refractivity contribution in [1.82, 2.24) is 5.32 Å². The molecule has 18 heavy (non-hydrogen) atoms. The monoisotopic (exact) mass is 269 g/mol. The van der Waals surface area contributed by atoms with Gasteiger partial charge in [-0.1, -0.05) is 43.6 Å². The second kappa shape index (κ2) is 5.87. The van der Waals surface area contributed by atoms with E-state index in [1.807, 2.05) is 18.2 Å². The summed E-state index contributed by atoms with van der Waals surface area (Å²) in [5, 5.41) is 12.0. The highest BCUT2D eigenvalue weighted by Gasteiger charge is 2.30. The molecule has 0 aliphatic heterocycles. The first-order valence-electron chi connectivity index (χ1n) is 5.56. The molecule has 0 saturated carbocycles. The van der Waals surface area contributed by atoms with Crippen LogP contribution in [0.15, 0.2) is 24.3 Å². The number of carboxylic acids is 1. The van der Waals surface area contributed by atoms with Crippen molar-refractivity contribution in [1.29, 1.82) is 0 Å². The maximum atomic E-state index is 11.9. The largest absolute Gasteiger partial charge is 0.481 e. The number of hydrogen-bond donors (Lipinski definition) is 2. The predicted octanol–water partition coefficient (Wildman–Crippen LogP) is 2.46. The number of halogens is 1. The molecular weight excluding hydrogens is 254 g/mol. The summed E-state index contributed by atoms with van der Waals surface area (Å²) in [5.41, 5.74) is -0.133. The first kappa shape index (κ1) is 14.5. The van der Waals surface area contributed by atoms with Crippen LogP contribution in [0.25, 0.3) is 0 Å². The van der Waals surface area contributed by atoms with Crippen molar-refractivity contribution in [2.24, 2.45) is 5.41 Å². The molecule has 1 aromatic carbocycles. The van der Waals surface area contributed by atoms with Crippen molar-refractivity contribution < 1.29 is 14.7 Å². The summed E-state index contributed by atoms with van der Waals surface area (Å²) < 4.78 is 0. The van der Waals surface area contributed by atoms with E-state index in [2.05, 4.69) is 5.32 Å².